The Morgan fingerprint density at radius 1 is 0.867 bits per heavy atom. The van der Waals surface area contributed by atoms with Gasteiger partial charge in [0.2, 0.25) is 0 Å². The minimum absolute atomic E-state index is 0.512. The van der Waals surface area contributed by atoms with Crippen LogP contribution in [-0.4, -0.2) is 8.75 Å². The largest absolute Gasteiger partial charge is 0.173 e. The van der Waals surface area contributed by atoms with Crippen molar-refractivity contribution in [3.8, 4) is 0 Å². The molecule has 0 saturated heterocycles. The number of fused-ring (bicyclic) bond motifs is 1. The van der Waals surface area contributed by atoms with E-state index in [4.69, 9.17) is 0 Å². The maximum atomic E-state index is 4.41. The molecule has 0 bridgehead atoms. The highest BCUT2D eigenvalue weighted by molar-refractivity contribution is 7.00. The Labute approximate surface area is 94.7 Å². The summed E-state index contributed by atoms with van der Waals surface area (Å²) in [5.74, 6) is 1.02. The molecule has 0 aliphatic heterocycles. The van der Waals surface area contributed by atoms with Crippen LogP contribution < -0.4 is 0 Å². The standard InChI is InChI=1S/C12H16N2S/c1-7(2)9-5-6-10(8(3)4)12-11(9)13-15-14-12/h5-8H,1-4H3. The molecule has 0 radical (unpaired) electrons. The van der Waals surface area contributed by atoms with Crippen LogP contribution in [0.5, 0.6) is 0 Å². The Kier molecular flexibility index (Phi) is 2.74. The molecule has 2 nitrogen and oxygen atoms in total. The molecule has 1 heterocycles. The van der Waals surface area contributed by atoms with Gasteiger partial charge in [0.05, 0.1) is 11.7 Å². The van der Waals surface area contributed by atoms with Gasteiger partial charge >= 0.3 is 0 Å². The van der Waals surface area contributed by atoms with Crippen molar-refractivity contribution in [3.63, 3.8) is 0 Å². The van der Waals surface area contributed by atoms with Gasteiger partial charge in [0, 0.05) is 0 Å². The van der Waals surface area contributed by atoms with Crippen LogP contribution in [0.3, 0.4) is 0 Å². The fourth-order valence-corrected chi connectivity index (χ4v) is 2.42. The second-order valence-corrected chi connectivity index (χ2v) is 5.04. The number of benzene rings is 1. The topological polar surface area (TPSA) is 25.8 Å². The lowest BCUT2D eigenvalue weighted by Crippen LogP contribution is -1.94. The predicted octanol–water partition coefficient (Wildman–Crippen LogP) is 3.94. The summed E-state index contributed by atoms with van der Waals surface area (Å²) in [6.45, 7) is 8.79. The average Bonchev–Trinajstić information content (AvgIpc) is 2.63. The second kappa shape index (κ2) is 3.89. The first-order valence-electron chi connectivity index (χ1n) is 5.36. The van der Waals surface area contributed by atoms with E-state index >= 15 is 0 Å². The molecular weight excluding hydrogens is 204 g/mol. The minimum Gasteiger partial charge on any atom is -0.173 e. The number of rotatable bonds is 2. The van der Waals surface area contributed by atoms with Crippen LogP contribution >= 0.6 is 11.7 Å². The molecule has 0 fully saturated rings. The quantitative estimate of drug-likeness (QED) is 0.766. The molecule has 0 unspecified atom stereocenters. The van der Waals surface area contributed by atoms with Gasteiger partial charge in [-0.2, -0.15) is 8.75 Å². The molecule has 0 N–H and O–H groups in total. The third-order valence-corrected chi connectivity index (χ3v) is 3.25. The van der Waals surface area contributed by atoms with Crippen molar-refractivity contribution in [2.24, 2.45) is 0 Å². The summed E-state index contributed by atoms with van der Waals surface area (Å²) in [6, 6.07) is 4.40. The number of nitrogens with zero attached hydrogens (tertiary/aromatic N) is 2. The molecule has 0 aliphatic rings. The van der Waals surface area contributed by atoms with Crippen LogP contribution in [0.15, 0.2) is 12.1 Å². The summed E-state index contributed by atoms with van der Waals surface area (Å²) in [4.78, 5) is 0. The van der Waals surface area contributed by atoms with Crippen LogP contribution in [0.25, 0.3) is 11.0 Å². The number of hydrogen-bond donors (Lipinski definition) is 0. The highest BCUT2D eigenvalue weighted by Crippen LogP contribution is 2.29. The third kappa shape index (κ3) is 1.76. The lowest BCUT2D eigenvalue weighted by Gasteiger charge is -2.10. The first kappa shape index (κ1) is 10.6. The van der Waals surface area contributed by atoms with Gasteiger partial charge < -0.3 is 0 Å². The second-order valence-electron chi connectivity index (χ2n) is 4.51. The molecule has 2 aromatic rings. The molecule has 15 heavy (non-hydrogen) atoms. The molecule has 0 spiro atoms. The normalized spacial score (nSPS) is 11.9. The summed E-state index contributed by atoms with van der Waals surface area (Å²) in [6.07, 6.45) is 0. The maximum Gasteiger partial charge on any atom is 0.108 e. The molecular formula is C12H16N2S. The van der Waals surface area contributed by atoms with E-state index in [2.05, 4.69) is 48.6 Å². The van der Waals surface area contributed by atoms with Crippen molar-refractivity contribution < 1.29 is 0 Å². The first-order chi connectivity index (χ1) is 7.11. The van der Waals surface area contributed by atoms with Crippen LogP contribution in [-0.2, 0) is 0 Å². The minimum atomic E-state index is 0.512. The molecule has 0 amide bonds. The van der Waals surface area contributed by atoms with E-state index in [0.29, 0.717) is 11.8 Å². The van der Waals surface area contributed by atoms with Crippen LogP contribution in [0, 0.1) is 0 Å². The van der Waals surface area contributed by atoms with Crippen molar-refractivity contribution in [2.45, 2.75) is 39.5 Å². The zero-order valence-corrected chi connectivity index (χ0v) is 10.4. The predicted molar refractivity (Wildman–Crippen MR) is 65.6 cm³/mol. The lowest BCUT2D eigenvalue weighted by atomic mass is 9.95. The van der Waals surface area contributed by atoms with Crippen molar-refractivity contribution in [2.75, 3.05) is 0 Å². The van der Waals surface area contributed by atoms with Crippen molar-refractivity contribution in [3.05, 3.63) is 23.3 Å². The summed E-state index contributed by atoms with van der Waals surface area (Å²) >= 11 is 1.32. The first-order valence-corrected chi connectivity index (χ1v) is 6.09. The van der Waals surface area contributed by atoms with E-state index < -0.39 is 0 Å². The molecule has 3 heteroatoms. The van der Waals surface area contributed by atoms with Gasteiger partial charge in [-0.3, -0.25) is 0 Å². The lowest BCUT2D eigenvalue weighted by molar-refractivity contribution is 0.856. The van der Waals surface area contributed by atoms with E-state index in [1.807, 2.05) is 0 Å². The summed E-state index contributed by atoms with van der Waals surface area (Å²) in [5.41, 5.74) is 4.81. The van der Waals surface area contributed by atoms with Gasteiger partial charge in [0.1, 0.15) is 11.0 Å². The summed E-state index contributed by atoms with van der Waals surface area (Å²) in [7, 11) is 0. The van der Waals surface area contributed by atoms with Gasteiger partial charge in [-0.1, -0.05) is 39.8 Å². The smallest absolute Gasteiger partial charge is 0.108 e. The third-order valence-electron chi connectivity index (χ3n) is 2.72. The van der Waals surface area contributed by atoms with Gasteiger partial charge in [-0.15, -0.1) is 0 Å². The summed E-state index contributed by atoms with van der Waals surface area (Å²) in [5, 5.41) is 0. The van der Waals surface area contributed by atoms with Gasteiger partial charge in [0.25, 0.3) is 0 Å². The Hall–Kier alpha value is -0.960. The Balaban J connectivity index is 2.71. The average molecular weight is 220 g/mol. The molecule has 0 atom stereocenters. The molecule has 1 aromatic heterocycles. The van der Waals surface area contributed by atoms with Gasteiger partial charge in [0.15, 0.2) is 0 Å². The monoisotopic (exact) mass is 220 g/mol. The van der Waals surface area contributed by atoms with Gasteiger partial charge in [-0.05, 0) is 23.0 Å². The van der Waals surface area contributed by atoms with Crippen LogP contribution in [0.4, 0.5) is 0 Å². The fourth-order valence-electron chi connectivity index (χ4n) is 1.84. The van der Waals surface area contributed by atoms with Crippen molar-refractivity contribution >= 4 is 22.8 Å². The molecule has 0 saturated carbocycles. The zero-order valence-electron chi connectivity index (χ0n) is 9.61. The Morgan fingerprint density at radius 2 is 1.27 bits per heavy atom. The number of hydrogen-bond acceptors (Lipinski definition) is 3. The molecule has 1 aromatic carbocycles. The highest BCUT2D eigenvalue weighted by atomic mass is 32.1. The van der Waals surface area contributed by atoms with E-state index in [-0.39, 0.29) is 0 Å². The van der Waals surface area contributed by atoms with Gasteiger partial charge in [-0.25, -0.2) is 0 Å². The fraction of sp³-hybridized carbons (Fsp3) is 0.500. The van der Waals surface area contributed by atoms with E-state index in [1.54, 1.807) is 0 Å². The maximum absolute atomic E-state index is 4.41. The molecule has 2 rings (SSSR count). The van der Waals surface area contributed by atoms with E-state index in [9.17, 15) is 0 Å². The van der Waals surface area contributed by atoms with Crippen LogP contribution in [0.2, 0.25) is 0 Å². The Bertz CT molecular complexity index is 429. The number of aromatic nitrogens is 2. The zero-order chi connectivity index (χ0) is 11.0. The van der Waals surface area contributed by atoms with Crippen molar-refractivity contribution in [1.82, 2.24) is 8.75 Å². The molecule has 0 aliphatic carbocycles. The van der Waals surface area contributed by atoms with Crippen LogP contribution in [0.1, 0.15) is 50.7 Å². The van der Waals surface area contributed by atoms with E-state index in [0.717, 1.165) is 11.0 Å². The Morgan fingerprint density at radius 3 is 1.60 bits per heavy atom. The summed E-state index contributed by atoms with van der Waals surface area (Å²) < 4.78 is 8.83. The highest BCUT2D eigenvalue weighted by Gasteiger charge is 2.13. The van der Waals surface area contributed by atoms with Crippen molar-refractivity contribution in [1.29, 1.82) is 0 Å². The molecule has 80 valence electrons. The SMILES string of the molecule is CC(C)c1ccc(C(C)C)c2nsnc12. The van der Waals surface area contributed by atoms with E-state index in [1.165, 1.54) is 22.9 Å².